The minimum atomic E-state index is -4.75. The Morgan fingerprint density at radius 2 is 1.82 bits per heavy atom. The molecule has 2 aromatic carbocycles. The van der Waals surface area contributed by atoms with Crippen LogP contribution >= 0.6 is 0 Å². The molecular weight excluding hydrogens is 493 g/mol. The number of nitrogens with zero attached hydrogens (tertiary/aromatic N) is 4. The van der Waals surface area contributed by atoms with Gasteiger partial charge in [-0.25, -0.2) is 9.53 Å². The molecule has 2 aromatic heterocycles. The van der Waals surface area contributed by atoms with Crippen molar-refractivity contribution in [3.8, 4) is 5.69 Å². The van der Waals surface area contributed by atoms with Crippen LogP contribution in [0.5, 0.6) is 0 Å². The van der Waals surface area contributed by atoms with Gasteiger partial charge in [-0.15, -0.1) is 0 Å². The maximum atomic E-state index is 13.5. The van der Waals surface area contributed by atoms with Crippen LogP contribution in [0.3, 0.4) is 0 Å². The highest BCUT2D eigenvalue weighted by molar-refractivity contribution is 6.03. The molecule has 4 aromatic rings. The monoisotopic (exact) mass is 516 g/mol. The van der Waals surface area contributed by atoms with Crippen LogP contribution in [0.1, 0.15) is 46.2 Å². The molecule has 38 heavy (non-hydrogen) atoms. The normalized spacial score (nSPS) is 14.1. The van der Waals surface area contributed by atoms with Crippen molar-refractivity contribution in [3.05, 3.63) is 113 Å². The van der Waals surface area contributed by atoms with E-state index in [4.69, 9.17) is 6.57 Å². The molecule has 1 aliphatic carbocycles. The molecule has 7 nitrogen and oxygen atoms in total. The molecule has 0 spiro atoms. The zero-order valence-electron chi connectivity index (χ0n) is 20.1. The molecule has 5 rings (SSSR count). The Hall–Kier alpha value is -4.49. The molecule has 0 saturated heterocycles. The summed E-state index contributed by atoms with van der Waals surface area (Å²) in [6.45, 7) is 8.05. The van der Waals surface area contributed by atoms with Crippen molar-refractivity contribution < 1.29 is 18.0 Å². The van der Waals surface area contributed by atoms with Crippen LogP contribution in [-0.2, 0) is 6.18 Å². The van der Waals surface area contributed by atoms with Gasteiger partial charge in [-0.3, -0.25) is 9.78 Å². The molecule has 2 N–H and O–H groups in total. The summed E-state index contributed by atoms with van der Waals surface area (Å²) in [6, 6.07) is 17.5. The average molecular weight is 517 g/mol. The van der Waals surface area contributed by atoms with Gasteiger partial charge in [0.25, 0.3) is 5.91 Å². The van der Waals surface area contributed by atoms with Gasteiger partial charge in [0.2, 0.25) is 0 Å². The Kier molecular flexibility index (Phi) is 6.94. The van der Waals surface area contributed by atoms with E-state index in [1.54, 1.807) is 30.6 Å². The highest BCUT2D eigenvalue weighted by atomic mass is 19.4. The van der Waals surface area contributed by atoms with Gasteiger partial charge in [0.05, 0.1) is 18.3 Å². The van der Waals surface area contributed by atoms with Gasteiger partial charge >= 0.3 is 6.18 Å². The van der Waals surface area contributed by atoms with Crippen molar-refractivity contribution >= 4 is 17.3 Å². The van der Waals surface area contributed by atoms with E-state index in [0.29, 0.717) is 17.7 Å². The van der Waals surface area contributed by atoms with Gasteiger partial charge in [0.1, 0.15) is 5.69 Å². The SMILES string of the molecule is [C-]#[N+]c1cccc(-n2nc(C(F)(F)F)cc2C(=O)Nc2cccc(C(NCC3CC3)c3ccncc3)c2)c1. The molecular formula is C28H23F3N6O. The Balaban J connectivity index is 1.45. The lowest BCUT2D eigenvalue weighted by atomic mass is 9.99. The van der Waals surface area contributed by atoms with E-state index in [0.717, 1.165) is 22.4 Å². The molecule has 0 radical (unpaired) electrons. The van der Waals surface area contributed by atoms with Crippen molar-refractivity contribution in [2.75, 3.05) is 11.9 Å². The van der Waals surface area contributed by atoms with Gasteiger partial charge < -0.3 is 10.6 Å². The van der Waals surface area contributed by atoms with Crippen molar-refractivity contribution in [3.63, 3.8) is 0 Å². The summed E-state index contributed by atoms with van der Waals surface area (Å²) < 4.78 is 41.4. The summed E-state index contributed by atoms with van der Waals surface area (Å²) in [6.07, 6.45) is 1.07. The lowest BCUT2D eigenvalue weighted by Crippen LogP contribution is -2.25. The van der Waals surface area contributed by atoms with Crippen molar-refractivity contribution in [2.45, 2.75) is 25.1 Å². The Labute approximate surface area is 217 Å². The molecule has 1 unspecified atom stereocenters. The number of alkyl halides is 3. The van der Waals surface area contributed by atoms with Crippen LogP contribution < -0.4 is 10.6 Å². The van der Waals surface area contributed by atoms with Crippen LogP contribution in [0.4, 0.5) is 24.5 Å². The Morgan fingerprint density at radius 1 is 1.05 bits per heavy atom. The van der Waals surface area contributed by atoms with E-state index in [1.165, 1.54) is 37.1 Å². The zero-order chi connectivity index (χ0) is 26.7. The second-order valence-corrected chi connectivity index (χ2v) is 9.10. The number of halogens is 3. The Bertz CT molecular complexity index is 1490. The number of hydrogen-bond donors (Lipinski definition) is 2. The smallest absolute Gasteiger partial charge is 0.321 e. The zero-order valence-corrected chi connectivity index (χ0v) is 20.1. The second-order valence-electron chi connectivity index (χ2n) is 9.10. The van der Waals surface area contributed by atoms with E-state index in [-0.39, 0.29) is 23.1 Å². The van der Waals surface area contributed by atoms with Crippen LogP contribution in [0.15, 0.2) is 79.1 Å². The topological polar surface area (TPSA) is 76.2 Å². The Morgan fingerprint density at radius 3 is 2.53 bits per heavy atom. The first-order valence-electron chi connectivity index (χ1n) is 12.0. The van der Waals surface area contributed by atoms with E-state index in [1.807, 2.05) is 18.2 Å². The number of rotatable bonds is 8. The van der Waals surface area contributed by atoms with Gasteiger partial charge in [0.15, 0.2) is 11.4 Å². The summed E-state index contributed by atoms with van der Waals surface area (Å²) in [5, 5.41) is 9.94. The van der Waals surface area contributed by atoms with Crippen molar-refractivity contribution in [2.24, 2.45) is 5.92 Å². The minimum Gasteiger partial charge on any atom is -0.321 e. The third kappa shape index (κ3) is 5.74. The van der Waals surface area contributed by atoms with Gasteiger partial charge in [-0.1, -0.05) is 24.3 Å². The van der Waals surface area contributed by atoms with E-state index in [2.05, 4.69) is 25.6 Å². The predicted octanol–water partition coefficient (Wildman–Crippen LogP) is 6.18. The first kappa shape index (κ1) is 25.2. The molecule has 1 atom stereocenters. The van der Waals surface area contributed by atoms with Crippen molar-refractivity contribution in [1.82, 2.24) is 20.1 Å². The fraction of sp³-hybridized carbons (Fsp3) is 0.214. The minimum absolute atomic E-state index is 0.144. The van der Waals surface area contributed by atoms with Crippen LogP contribution in [0, 0.1) is 12.5 Å². The third-order valence-corrected chi connectivity index (χ3v) is 6.26. The highest BCUT2D eigenvalue weighted by Crippen LogP contribution is 2.32. The number of hydrogen-bond acceptors (Lipinski definition) is 4. The van der Waals surface area contributed by atoms with Crippen LogP contribution in [-0.4, -0.2) is 27.2 Å². The molecule has 0 bridgehead atoms. The first-order chi connectivity index (χ1) is 18.3. The number of nitrogens with one attached hydrogen (secondary N) is 2. The highest BCUT2D eigenvalue weighted by Gasteiger charge is 2.36. The second kappa shape index (κ2) is 10.5. The lowest BCUT2D eigenvalue weighted by Gasteiger charge is -2.20. The van der Waals surface area contributed by atoms with E-state index >= 15 is 0 Å². The van der Waals surface area contributed by atoms with Crippen LogP contribution in [0.2, 0.25) is 0 Å². The summed E-state index contributed by atoms with van der Waals surface area (Å²) in [7, 11) is 0. The largest absolute Gasteiger partial charge is 0.435 e. The lowest BCUT2D eigenvalue weighted by molar-refractivity contribution is -0.141. The maximum absolute atomic E-state index is 13.5. The fourth-order valence-electron chi connectivity index (χ4n) is 4.15. The molecule has 1 fully saturated rings. The van der Waals surface area contributed by atoms with Gasteiger partial charge in [-0.2, -0.15) is 18.3 Å². The molecule has 1 amide bonds. The molecule has 10 heteroatoms. The summed E-state index contributed by atoms with van der Waals surface area (Å²) >= 11 is 0. The molecule has 2 heterocycles. The number of pyridine rings is 1. The van der Waals surface area contributed by atoms with Crippen LogP contribution in [0.25, 0.3) is 10.5 Å². The van der Waals surface area contributed by atoms with Gasteiger partial charge in [0, 0.05) is 24.1 Å². The maximum Gasteiger partial charge on any atom is 0.435 e. The number of anilines is 1. The molecule has 1 saturated carbocycles. The van der Waals surface area contributed by atoms with E-state index in [9.17, 15) is 18.0 Å². The summed E-state index contributed by atoms with van der Waals surface area (Å²) in [5.41, 5.74) is 1.21. The summed E-state index contributed by atoms with van der Waals surface area (Å²) in [5.74, 6) is -0.114. The molecule has 1 aliphatic rings. The number of carbonyl (C=O) groups is 1. The molecule has 192 valence electrons. The van der Waals surface area contributed by atoms with Gasteiger partial charge in [-0.05, 0) is 72.8 Å². The first-order valence-corrected chi connectivity index (χ1v) is 12.0. The average Bonchev–Trinajstić information content (AvgIpc) is 3.63. The quantitative estimate of drug-likeness (QED) is 0.274. The standard InChI is InChI=1S/C28H23F3N6O/c1-32-21-5-3-7-23(15-21)37-24(16-25(36-37)28(29,30)31)27(38)35-22-6-2-4-20(14-22)26(34-17-18-8-9-18)19-10-12-33-13-11-19/h2-7,10-16,18,26,34H,8-9,17H2,(H,35,38). The third-order valence-electron chi connectivity index (χ3n) is 6.26. The van der Waals surface area contributed by atoms with Crippen molar-refractivity contribution in [1.29, 1.82) is 0 Å². The number of benzene rings is 2. The predicted molar refractivity (Wildman–Crippen MR) is 136 cm³/mol. The summed E-state index contributed by atoms with van der Waals surface area (Å²) in [4.78, 5) is 20.7. The fourth-order valence-corrected chi connectivity index (χ4v) is 4.15. The van der Waals surface area contributed by atoms with E-state index < -0.39 is 17.8 Å². The molecule has 0 aliphatic heterocycles. The number of amides is 1. The number of carbonyl (C=O) groups excluding carboxylic acids is 1. The number of aromatic nitrogens is 3.